The Morgan fingerprint density at radius 3 is 2.76 bits per heavy atom. The molecule has 5 nitrogen and oxygen atoms in total. The molecule has 1 saturated carbocycles. The van der Waals surface area contributed by atoms with Gasteiger partial charge in [-0.2, -0.15) is 0 Å². The molecule has 0 saturated heterocycles. The van der Waals surface area contributed by atoms with Gasteiger partial charge in [0.1, 0.15) is 18.2 Å². The van der Waals surface area contributed by atoms with Crippen LogP contribution in [0.2, 0.25) is 0 Å². The third-order valence-electron chi connectivity index (χ3n) is 3.11. The van der Waals surface area contributed by atoms with Gasteiger partial charge in [-0.1, -0.05) is 0 Å². The number of rotatable bonds is 5. The molecule has 0 atom stereocenters. The van der Waals surface area contributed by atoms with Crippen LogP contribution in [0, 0.1) is 5.92 Å². The zero-order valence-electron chi connectivity index (χ0n) is 10.7. The molecule has 1 aliphatic rings. The second-order valence-corrected chi connectivity index (χ2v) is 5.15. The Hall–Kier alpha value is -1.36. The predicted octanol–water partition coefficient (Wildman–Crippen LogP) is 1.81. The maximum absolute atomic E-state index is 5.75. The summed E-state index contributed by atoms with van der Waals surface area (Å²) in [6.07, 6.45) is 2.57. The van der Waals surface area contributed by atoms with Gasteiger partial charge in [0, 0.05) is 18.7 Å². The number of aromatic nitrogens is 2. The van der Waals surface area contributed by atoms with Crippen LogP contribution >= 0.6 is 0 Å². The number of hydrogen-bond acceptors (Lipinski definition) is 5. The smallest absolute Gasteiger partial charge is 0.158 e. The van der Waals surface area contributed by atoms with Crippen molar-refractivity contribution >= 4 is 11.6 Å². The monoisotopic (exact) mass is 236 g/mol. The lowest BCUT2D eigenvalue weighted by Crippen LogP contribution is -2.33. The number of nitrogens with one attached hydrogen (secondary N) is 1. The summed E-state index contributed by atoms with van der Waals surface area (Å²) in [6.45, 7) is 4.77. The molecule has 0 amide bonds. The van der Waals surface area contributed by atoms with Crippen LogP contribution in [-0.2, 0) is 11.3 Å². The molecule has 0 aromatic carbocycles. The molecule has 0 aliphatic heterocycles. The molecule has 2 rings (SSSR count). The topological polar surface area (TPSA) is 73.1 Å². The van der Waals surface area contributed by atoms with E-state index in [1.807, 2.05) is 0 Å². The molecule has 1 fully saturated rings. The van der Waals surface area contributed by atoms with Crippen molar-refractivity contribution in [2.45, 2.75) is 38.8 Å². The fraction of sp³-hybridized carbons (Fsp3) is 0.667. The lowest BCUT2D eigenvalue weighted by molar-refractivity contribution is 0.178. The largest absolute Gasteiger partial charge is 0.384 e. The fourth-order valence-electron chi connectivity index (χ4n) is 2.01. The molecule has 1 aromatic rings. The molecule has 0 spiro atoms. The fourth-order valence-corrected chi connectivity index (χ4v) is 2.01. The van der Waals surface area contributed by atoms with E-state index in [0.29, 0.717) is 18.2 Å². The quantitative estimate of drug-likeness (QED) is 0.815. The van der Waals surface area contributed by atoms with E-state index < -0.39 is 0 Å². The van der Waals surface area contributed by atoms with Crippen LogP contribution in [0.15, 0.2) is 6.07 Å². The minimum absolute atomic E-state index is 0.0606. The molecule has 0 radical (unpaired) electrons. The highest BCUT2D eigenvalue weighted by Gasteiger charge is 2.37. The Labute approximate surface area is 102 Å². The zero-order valence-corrected chi connectivity index (χ0v) is 10.7. The van der Waals surface area contributed by atoms with Gasteiger partial charge in [-0.3, -0.25) is 0 Å². The first-order valence-corrected chi connectivity index (χ1v) is 5.92. The molecule has 94 valence electrons. The Balaban J connectivity index is 2.14. The van der Waals surface area contributed by atoms with Crippen molar-refractivity contribution in [1.29, 1.82) is 0 Å². The van der Waals surface area contributed by atoms with Gasteiger partial charge in [0.25, 0.3) is 0 Å². The van der Waals surface area contributed by atoms with Crippen molar-refractivity contribution < 1.29 is 4.74 Å². The summed E-state index contributed by atoms with van der Waals surface area (Å²) in [6, 6.07) is 1.77. The highest BCUT2D eigenvalue weighted by Crippen LogP contribution is 2.40. The van der Waals surface area contributed by atoms with Crippen LogP contribution in [-0.4, -0.2) is 22.6 Å². The van der Waals surface area contributed by atoms with Gasteiger partial charge < -0.3 is 15.8 Å². The van der Waals surface area contributed by atoms with Crippen molar-refractivity contribution in [3.8, 4) is 0 Å². The Bertz CT molecular complexity index is 401. The molecule has 1 heterocycles. The number of nitrogens with zero attached hydrogens (tertiary/aromatic N) is 2. The Kier molecular flexibility index (Phi) is 3.19. The molecule has 1 aliphatic carbocycles. The third-order valence-corrected chi connectivity index (χ3v) is 3.11. The van der Waals surface area contributed by atoms with Gasteiger partial charge in [0.05, 0.1) is 0 Å². The predicted molar refractivity (Wildman–Crippen MR) is 67.6 cm³/mol. The lowest BCUT2D eigenvalue weighted by Gasteiger charge is -2.27. The van der Waals surface area contributed by atoms with Gasteiger partial charge in [-0.15, -0.1) is 0 Å². The van der Waals surface area contributed by atoms with E-state index in [-0.39, 0.29) is 5.54 Å². The van der Waals surface area contributed by atoms with E-state index in [1.165, 1.54) is 12.8 Å². The molecule has 17 heavy (non-hydrogen) atoms. The van der Waals surface area contributed by atoms with E-state index >= 15 is 0 Å². The molecule has 0 unspecified atom stereocenters. The van der Waals surface area contributed by atoms with Crippen molar-refractivity contribution in [3.63, 3.8) is 0 Å². The van der Waals surface area contributed by atoms with E-state index in [4.69, 9.17) is 10.5 Å². The van der Waals surface area contributed by atoms with Crippen molar-refractivity contribution in [1.82, 2.24) is 9.97 Å². The van der Waals surface area contributed by atoms with Crippen LogP contribution in [0.5, 0.6) is 0 Å². The van der Waals surface area contributed by atoms with E-state index in [0.717, 1.165) is 11.7 Å². The van der Waals surface area contributed by atoms with Crippen LogP contribution in [0.3, 0.4) is 0 Å². The normalized spacial score (nSPS) is 15.9. The number of ether oxygens (including phenoxy) is 1. The summed E-state index contributed by atoms with van der Waals surface area (Å²) >= 11 is 0. The first kappa shape index (κ1) is 12.1. The number of hydrogen-bond donors (Lipinski definition) is 2. The van der Waals surface area contributed by atoms with Crippen molar-refractivity contribution in [3.05, 3.63) is 11.9 Å². The van der Waals surface area contributed by atoms with E-state index in [1.54, 1.807) is 13.2 Å². The van der Waals surface area contributed by atoms with Crippen LogP contribution in [0.4, 0.5) is 11.6 Å². The maximum Gasteiger partial charge on any atom is 0.158 e. The number of nitrogen functional groups attached to an aromatic ring is 1. The molecular formula is C12H20N4O. The summed E-state index contributed by atoms with van der Waals surface area (Å²) in [5.41, 5.74) is 5.81. The minimum Gasteiger partial charge on any atom is -0.384 e. The zero-order chi connectivity index (χ0) is 12.5. The average Bonchev–Trinajstić information content (AvgIpc) is 2.98. The molecule has 1 aromatic heterocycles. The molecule has 5 heteroatoms. The average molecular weight is 236 g/mol. The number of anilines is 2. The van der Waals surface area contributed by atoms with E-state index in [2.05, 4.69) is 29.1 Å². The third kappa shape index (κ3) is 3.06. The minimum atomic E-state index is 0.0606. The first-order chi connectivity index (χ1) is 8.01. The van der Waals surface area contributed by atoms with Gasteiger partial charge in [0.2, 0.25) is 0 Å². The lowest BCUT2D eigenvalue weighted by atomic mass is 9.99. The van der Waals surface area contributed by atoms with Gasteiger partial charge in [0.15, 0.2) is 5.82 Å². The van der Waals surface area contributed by atoms with Gasteiger partial charge >= 0.3 is 0 Å². The van der Waals surface area contributed by atoms with Crippen LogP contribution < -0.4 is 11.1 Å². The highest BCUT2D eigenvalue weighted by atomic mass is 16.5. The van der Waals surface area contributed by atoms with Crippen molar-refractivity contribution in [2.75, 3.05) is 18.2 Å². The summed E-state index contributed by atoms with van der Waals surface area (Å²) in [4.78, 5) is 8.51. The maximum atomic E-state index is 5.75. The summed E-state index contributed by atoms with van der Waals surface area (Å²) < 4.78 is 5.02. The first-order valence-electron chi connectivity index (χ1n) is 5.92. The van der Waals surface area contributed by atoms with Crippen LogP contribution in [0.1, 0.15) is 32.5 Å². The Morgan fingerprint density at radius 2 is 2.18 bits per heavy atom. The standard InChI is InChI=1S/C12H20N4O/c1-12(2,8-4-5-8)16-10-6-9(13)14-11(15-10)7-17-3/h6,8H,4-5,7H2,1-3H3,(H3,13,14,15,16). The van der Waals surface area contributed by atoms with Crippen LogP contribution in [0.25, 0.3) is 0 Å². The number of nitrogens with two attached hydrogens (primary N) is 1. The molecule has 0 bridgehead atoms. The van der Waals surface area contributed by atoms with Gasteiger partial charge in [-0.05, 0) is 32.6 Å². The Morgan fingerprint density at radius 1 is 1.47 bits per heavy atom. The SMILES string of the molecule is COCc1nc(N)cc(NC(C)(C)C2CC2)n1. The number of methoxy groups -OCH3 is 1. The highest BCUT2D eigenvalue weighted by molar-refractivity contribution is 5.46. The summed E-state index contributed by atoms with van der Waals surface area (Å²) in [5, 5.41) is 3.43. The summed E-state index contributed by atoms with van der Waals surface area (Å²) in [5.74, 6) is 2.59. The van der Waals surface area contributed by atoms with Gasteiger partial charge in [-0.25, -0.2) is 9.97 Å². The van der Waals surface area contributed by atoms with E-state index in [9.17, 15) is 0 Å². The second-order valence-electron chi connectivity index (χ2n) is 5.15. The molecular weight excluding hydrogens is 216 g/mol. The second kappa shape index (κ2) is 4.49. The summed E-state index contributed by atoms with van der Waals surface area (Å²) in [7, 11) is 1.62. The van der Waals surface area contributed by atoms with Crippen molar-refractivity contribution in [2.24, 2.45) is 5.92 Å². The molecule has 3 N–H and O–H groups in total.